The molecule has 3 aromatic rings. The molecule has 31 heavy (non-hydrogen) atoms. The number of carbonyl (C=O) groups is 1. The van der Waals surface area contributed by atoms with Gasteiger partial charge in [0, 0.05) is 11.1 Å². The average Bonchev–Trinajstić information content (AvgIpc) is 3.51. The number of rotatable bonds is 6. The molecular formula is C22H19F2N3O4. The van der Waals surface area contributed by atoms with Gasteiger partial charge < -0.3 is 19.3 Å². The molecule has 9 heteroatoms. The Bertz CT molecular complexity index is 1100. The first-order valence-electron chi connectivity index (χ1n) is 10.0. The van der Waals surface area contributed by atoms with Gasteiger partial charge in [0.1, 0.15) is 13.2 Å². The van der Waals surface area contributed by atoms with Crippen LogP contribution in [-0.2, 0) is 0 Å². The molecule has 2 heterocycles. The molecule has 0 saturated heterocycles. The summed E-state index contributed by atoms with van der Waals surface area (Å²) < 4.78 is 41.0. The Kier molecular flexibility index (Phi) is 5.01. The summed E-state index contributed by atoms with van der Waals surface area (Å²) in [4.78, 5) is 16.5. The minimum absolute atomic E-state index is 0.0504. The van der Waals surface area contributed by atoms with E-state index in [0.29, 0.717) is 41.8 Å². The van der Waals surface area contributed by atoms with Gasteiger partial charge >= 0.3 is 6.43 Å². The normalized spacial score (nSPS) is 16.2. The van der Waals surface area contributed by atoms with Crippen LogP contribution in [0.3, 0.4) is 0 Å². The summed E-state index contributed by atoms with van der Waals surface area (Å²) in [6.45, 7) is 1.03. The van der Waals surface area contributed by atoms with Crippen LogP contribution in [0.4, 0.5) is 8.78 Å². The van der Waals surface area contributed by atoms with Crippen molar-refractivity contribution in [2.45, 2.75) is 25.3 Å². The zero-order chi connectivity index (χ0) is 21.4. The van der Waals surface area contributed by atoms with Crippen LogP contribution in [0.1, 0.15) is 47.1 Å². The average molecular weight is 427 g/mol. The highest BCUT2D eigenvalue weighted by atomic mass is 19.3. The van der Waals surface area contributed by atoms with Crippen molar-refractivity contribution in [3.05, 3.63) is 59.5 Å². The topological polar surface area (TPSA) is 86.5 Å². The van der Waals surface area contributed by atoms with Gasteiger partial charge in [-0.05, 0) is 48.6 Å². The number of ether oxygens (including phenoxy) is 2. The van der Waals surface area contributed by atoms with E-state index in [0.717, 1.165) is 18.4 Å². The summed E-state index contributed by atoms with van der Waals surface area (Å²) in [6.07, 6.45) is -0.739. The molecule has 7 nitrogen and oxygen atoms in total. The molecule has 1 amide bonds. The van der Waals surface area contributed by atoms with Gasteiger partial charge in [0.2, 0.25) is 5.82 Å². The van der Waals surface area contributed by atoms with Crippen LogP contribution < -0.4 is 14.8 Å². The molecule has 0 bridgehead atoms. The van der Waals surface area contributed by atoms with E-state index in [-0.39, 0.29) is 17.8 Å². The van der Waals surface area contributed by atoms with Gasteiger partial charge in [-0.25, -0.2) is 0 Å². The highest BCUT2D eigenvalue weighted by Crippen LogP contribution is 2.43. The standard InChI is InChI=1S/C22H19F2N3O4/c23-19(24)22-26-20(27-31-22)13-3-5-14(6-4-13)21(28)25-18(12-1-2-12)15-7-8-16-17(11-15)30-10-9-29-16/h3-8,11-12,18-19H,1-2,9-10H2,(H,25,28)/t18-/m0/s1. The fourth-order valence-electron chi connectivity index (χ4n) is 3.59. The van der Waals surface area contributed by atoms with Gasteiger partial charge in [-0.15, -0.1) is 0 Å². The van der Waals surface area contributed by atoms with Crippen molar-refractivity contribution in [2.24, 2.45) is 5.92 Å². The number of alkyl halides is 2. The number of hydrogen-bond donors (Lipinski definition) is 1. The molecule has 0 radical (unpaired) electrons. The summed E-state index contributed by atoms with van der Waals surface area (Å²) in [5, 5.41) is 6.66. The molecule has 1 aliphatic heterocycles. The number of halogens is 2. The van der Waals surface area contributed by atoms with E-state index in [4.69, 9.17) is 9.47 Å². The second-order valence-electron chi connectivity index (χ2n) is 7.53. The first-order valence-corrected chi connectivity index (χ1v) is 10.0. The van der Waals surface area contributed by atoms with Crippen molar-refractivity contribution in [3.8, 4) is 22.9 Å². The third-order valence-electron chi connectivity index (χ3n) is 5.34. The molecule has 1 saturated carbocycles. The lowest BCUT2D eigenvalue weighted by Crippen LogP contribution is -2.30. The van der Waals surface area contributed by atoms with E-state index in [2.05, 4.69) is 20.0 Å². The summed E-state index contributed by atoms with van der Waals surface area (Å²) in [5.41, 5.74) is 1.91. The molecule has 160 valence electrons. The molecule has 1 fully saturated rings. The Labute approximate surface area is 176 Å². The van der Waals surface area contributed by atoms with Crippen molar-refractivity contribution in [2.75, 3.05) is 13.2 Å². The smallest absolute Gasteiger partial charge is 0.315 e. The highest BCUT2D eigenvalue weighted by molar-refractivity contribution is 5.94. The molecular weight excluding hydrogens is 408 g/mol. The fourth-order valence-corrected chi connectivity index (χ4v) is 3.59. The van der Waals surface area contributed by atoms with E-state index in [1.807, 2.05) is 18.2 Å². The second-order valence-corrected chi connectivity index (χ2v) is 7.53. The molecule has 2 aromatic carbocycles. The number of hydrogen-bond acceptors (Lipinski definition) is 6. The largest absolute Gasteiger partial charge is 0.486 e. The van der Waals surface area contributed by atoms with Crippen molar-refractivity contribution in [1.29, 1.82) is 0 Å². The molecule has 0 unspecified atom stereocenters. The van der Waals surface area contributed by atoms with E-state index in [1.165, 1.54) is 0 Å². The Hall–Kier alpha value is -3.49. The SMILES string of the molecule is O=C(N[C@H](c1ccc2c(c1)OCCO2)C1CC1)c1ccc(-c2noc(C(F)F)n2)cc1. The van der Waals surface area contributed by atoms with Gasteiger partial charge in [-0.1, -0.05) is 23.4 Å². The fraction of sp³-hybridized carbons (Fsp3) is 0.318. The van der Waals surface area contributed by atoms with Crippen molar-refractivity contribution >= 4 is 5.91 Å². The van der Waals surface area contributed by atoms with Gasteiger partial charge in [0.05, 0.1) is 6.04 Å². The number of aromatic nitrogens is 2. The number of fused-ring (bicyclic) bond motifs is 1. The molecule has 2 aliphatic rings. The zero-order valence-electron chi connectivity index (χ0n) is 16.4. The first-order chi connectivity index (χ1) is 15.1. The van der Waals surface area contributed by atoms with Gasteiger partial charge in [-0.2, -0.15) is 13.8 Å². The number of amides is 1. The van der Waals surface area contributed by atoms with Crippen LogP contribution >= 0.6 is 0 Å². The Balaban J connectivity index is 1.32. The van der Waals surface area contributed by atoms with Crippen LogP contribution in [0.2, 0.25) is 0 Å². The number of benzene rings is 2. The van der Waals surface area contributed by atoms with Crippen LogP contribution in [0, 0.1) is 5.92 Å². The quantitative estimate of drug-likeness (QED) is 0.630. The van der Waals surface area contributed by atoms with E-state index in [9.17, 15) is 13.6 Å². The van der Waals surface area contributed by atoms with E-state index in [1.54, 1.807) is 24.3 Å². The van der Waals surface area contributed by atoms with Crippen molar-refractivity contribution in [3.63, 3.8) is 0 Å². The summed E-state index contributed by atoms with van der Waals surface area (Å²) in [7, 11) is 0. The highest BCUT2D eigenvalue weighted by Gasteiger charge is 2.34. The molecule has 1 aliphatic carbocycles. The number of nitrogens with zero attached hydrogens (tertiary/aromatic N) is 2. The molecule has 1 N–H and O–H groups in total. The third kappa shape index (κ3) is 4.08. The van der Waals surface area contributed by atoms with Crippen LogP contribution in [0.5, 0.6) is 11.5 Å². The maximum absolute atomic E-state index is 12.9. The maximum Gasteiger partial charge on any atom is 0.315 e. The van der Waals surface area contributed by atoms with Gasteiger partial charge in [-0.3, -0.25) is 4.79 Å². The first kappa shape index (κ1) is 19.5. The molecule has 0 spiro atoms. The third-order valence-corrected chi connectivity index (χ3v) is 5.34. The lowest BCUT2D eigenvalue weighted by atomic mass is 10.0. The predicted molar refractivity (Wildman–Crippen MR) is 105 cm³/mol. The maximum atomic E-state index is 12.9. The predicted octanol–water partition coefficient (Wildman–Crippen LogP) is 4.33. The van der Waals surface area contributed by atoms with Gasteiger partial charge in [0.15, 0.2) is 11.5 Å². The molecule has 1 atom stereocenters. The molecule has 1 aromatic heterocycles. The Morgan fingerprint density at radius 1 is 1.03 bits per heavy atom. The summed E-state index contributed by atoms with van der Waals surface area (Å²) in [5.74, 6) is 0.870. The van der Waals surface area contributed by atoms with Crippen LogP contribution in [0.25, 0.3) is 11.4 Å². The lowest BCUT2D eigenvalue weighted by molar-refractivity contribution is 0.0931. The number of nitrogens with one attached hydrogen (secondary N) is 1. The van der Waals surface area contributed by atoms with Crippen LogP contribution in [0.15, 0.2) is 47.0 Å². The minimum atomic E-state index is -2.83. The number of carbonyl (C=O) groups excluding carboxylic acids is 1. The monoisotopic (exact) mass is 427 g/mol. The second kappa shape index (κ2) is 7.98. The Morgan fingerprint density at radius 2 is 1.77 bits per heavy atom. The molecule has 5 rings (SSSR count). The Morgan fingerprint density at radius 3 is 2.45 bits per heavy atom. The summed E-state index contributed by atoms with van der Waals surface area (Å²) in [6, 6.07) is 12.0. The van der Waals surface area contributed by atoms with Crippen LogP contribution in [-0.4, -0.2) is 29.3 Å². The van der Waals surface area contributed by atoms with Crippen molar-refractivity contribution in [1.82, 2.24) is 15.5 Å². The van der Waals surface area contributed by atoms with E-state index >= 15 is 0 Å². The lowest BCUT2D eigenvalue weighted by Gasteiger charge is -2.23. The van der Waals surface area contributed by atoms with Gasteiger partial charge in [0.25, 0.3) is 11.8 Å². The summed E-state index contributed by atoms with van der Waals surface area (Å²) >= 11 is 0. The minimum Gasteiger partial charge on any atom is -0.486 e. The van der Waals surface area contributed by atoms with Crippen molar-refractivity contribution < 1.29 is 27.6 Å². The van der Waals surface area contributed by atoms with E-state index < -0.39 is 12.3 Å². The zero-order valence-corrected chi connectivity index (χ0v) is 16.4.